The Morgan fingerprint density at radius 1 is 1.45 bits per heavy atom. The van der Waals surface area contributed by atoms with E-state index in [4.69, 9.17) is 4.74 Å². The van der Waals surface area contributed by atoms with Gasteiger partial charge in [-0.15, -0.1) is 0 Å². The zero-order valence-corrected chi connectivity index (χ0v) is 13.5. The van der Waals surface area contributed by atoms with Crippen LogP contribution in [0, 0.1) is 11.7 Å². The standard InChI is InChI=1S/C17H26FN3O/c1-3-19-17(21(2)12-14-9-11-22-13-14)20-10-8-15-6-4-5-7-16(15)18/h4-7,14H,3,8-13H2,1-2H3,(H,19,20). The molecule has 1 fully saturated rings. The summed E-state index contributed by atoms with van der Waals surface area (Å²) in [5.41, 5.74) is 0.717. The summed E-state index contributed by atoms with van der Waals surface area (Å²) in [4.78, 5) is 6.76. The van der Waals surface area contributed by atoms with E-state index < -0.39 is 0 Å². The SMILES string of the molecule is CCNC(=NCCc1ccccc1F)N(C)CC1CCOC1. The lowest BCUT2D eigenvalue weighted by Crippen LogP contribution is -2.41. The Morgan fingerprint density at radius 3 is 2.95 bits per heavy atom. The van der Waals surface area contributed by atoms with Crippen molar-refractivity contribution < 1.29 is 9.13 Å². The summed E-state index contributed by atoms with van der Waals surface area (Å²) in [5.74, 6) is 1.30. The molecule has 1 N–H and O–H groups in total. The highest BCUT2D eigenvalue weighted by molar-refractivity contribution is 5.79. The van der Waals surface area contributed by atoms with Gasteiger partial charge < -0.3 is 15.0 Å². The topological polar surface area (TPSA) is 36.9 Å². The molecular weight excluding hydrogens is 281 g/mol. The minimum Gasteiger partial charge on any atom is -0.381 e. The number of rotatable bonds is 6. The fourth-order valence-corrected chi connectivity index (χ4v) is 2.65. The van der Waals surface area contributed by atoms with Crippen molar-refractivity contribution in [1.29, 1.82) is 0 Å². The summed E-state index contributed by atoms with van der Waals surface area (Å²) in [6, 6.07) is 6.89. The molecule has 0 spiro atoms. The predicted molar refractivity (Wildman–Crippen MR) is 87.6 cm³/mol. The van der Waals surface area contributed by atoms with Gasteiger partial charge in [0.25, 0.3) is 0 Å². The van der Waals surface area contributed by atoms with Crippen LogP contribution < -0.4 is 5.32 Å². The van der Waals surface area contributed by atoms with Gasteiger partial charge in [-0.1, -0.05) is 18.2 Å². The van der Waals surface area contributed by atoms with Crippen molar-refractivity contribution >= 4 is 5.96 Å². The molecular formula is C17H26FN3O. The first-order chi connectivity index (χ1) is 10.7. The lowest BCUT2D eigenvalue weighted by Gasteiger charge is -2.24. The van der Waals surface area contributed by atoms with Gasteiger partial charge in [0.2, 0.25) is 0 Å². The molecule has 1 aliphatic rings. The molecule has 5 heteroatoms. The smallest absolute Gasteiger partial charge is 0.193 e. The maximum Gasteiger partial charge on any atom is 0.193 e. The molecule has 1 aromatic carbocycles. The van der Waals surface area contributed by atoms with Crippen LogP contribution in [0.3, 0.4) is 0 Å². The van der Waals surface area contributed by atoms with Gasteiger partial charge >= 0.3 is 0 Å². The van der Waals surface area contributed by atoms with E-state index in [1.807, 2.05) is 19.2 Å². The van der Waals surface area contributed by atoms with Crippen LogP contribution in [0.4, 0.5) is 4.39 Å². The van der Waals surface area contributed by atoms with Crippen LogP contribution in [0.5, 0.6) is 0 Å². The zero-order chi connectivity index (χ0) is 15.8. The number of guanidine groups is 1. The molecule has 1 saturated heterocycles. The van der Waals surface area contributed by atoms with Gasteiger partial charge in [0.05, 0.1) is 6.61 Å². The van der Waals surface area contributed by atoms with E-state index >= 15 is 0 Å². The molecule has 1 atom stereocenters. The van der Waals surface area contributed by atoms with E-state index in [9.17, 15) is 4.39 Å². The molecule has 122 valence electrons. The molecule has 1 aromatic rings. The second-order valence-electron chi connectivity index (χ2n) is 5.69. The zero-order valence-electron chi connectivity index (χ0n) is 13.5. The first-order valence-corrected chi connectivity index (χ1v) is 8.01. The minimum atomic E-state index is -0.154. The van der Waals surface area contributed by atoms with Crippen LogP contribution in [-0.4, -0.2) is 50.8 Å². The third-order valence-electron chi connectivity index (χ3n) is 3.85. The van der Waals surface area contributed by atoms with Crippen LogP contribution in [0.15, 0.2) is 29.3 Å². The number of ether oxygens (including phenoxy) is 1. The Bertz CT molecular complexity index is 487. The minimum absolute atomic E-state index is 0.154. The number of aliphatic imine (C=N–C) groups is 1. The highest BCUT2D eigenvalue weighted by Crippen LogP contribution is 2.13. The summed E-state index contributed by atoms with van der Waals surface area (Å²) < 4.78 is 19.0. The van der Waals surface area contributed by atoms with E-state index in [1.165, 1.54) is 6.07 Å². The highest BCUT2D eigenvalue weighted by Gasteiger charge is 2.18. The molecule has 0 bridgehead atoms. The van der Waals surface area contributed by atoms with Crippen molar-refractivity contribution in [2.24, 2.45) is 10.9 Å². The summed E-state index contributed by atoms with van der Waals surface area (Å²) in [7, 11) is 2.04. The number of benzene rings is 1. The Labute approximate surface area is 132 Å². The van der Waals surface area contributed by atoms with Crippen molar-refractivity contribution in [2.75, 3.05) is 39.9 Å². The van der Waals surface area contributed by atoms with Gasteiger partial charge in [-0.05, 0) is 31.4 Å². The van der Waals surface area contributed by atoms with Crippen LogP contribution in [0.1, 0.15) is 18.9 Å². The number of halogens is 1. The third-order valence-corrected chi connectivity index (χ3v) is 3.85. The Hall–Kier alpha value is -1.62. The normalized spacial score (nSPS) is 18.5. The van der Waals surface area contributed by atoms with Gasteiger partial charge in [-0.3, -0.25) is 4.99 Å². The van der Waals surface area contributed by atoms with Crippen molar-refractivity contribution in [2.45, 2.75) is 19.8 Å². The van der Waals surface area contributed by atoms with Gasteiger partial charge in [0.15, 0.2) is 5.96 Å². The number of hydrogen-bond acceptors (Lipinski definition) is 2. The van der Waals surface area contributed by atoms with Gasteiger partial charge in [0.1, 0.15) is 5.82 Å². The van der Waals surface area contributed by atoms with E-state index in [1.54, 1.807) is 6.07 Å². The summed E-state index contributed by atoms with van der Waals surface area (Å²) in [6.45, 7) is 6.09. The highest BCUT2D eigenvalue weighted by atomic mass is 19.1. The fourth-order valence-electron chi connectivity index (χ4n) is 2.65. The first-order valence-electron chi connectivity index (χ1n) is 8.01. The molecule has 1 heterocycles. The average Bonchev–Trinajstić information content (AvgIpc) is 3.01. The van der Waals surface area contributed by atoms with Crippen molar-refractivity contribution in [3.05, 3.63) is 35.6 Å². The molecule has 0 aliphatic carbocycles. The maximum absolute atomic E-state index is 13.6. The van der Waals surface area contributed by atoms with Gasteiger partial charge in [-0.2, -0.15) is 0 Å². The average molecular weight is 307 g/mol. The maximum atomic E-state index is 13.6. The number of hydrogen-bond donors (Lipinski definition) is 1. The lowest BCUT2D eigenvalue weighted by atomic mass is 10.1. The van der Waals surface area contributed by atoms with Crippen molar-refractivity contribution in [1.82, 2.24) is 10.2 Å². The second kappa shape index (κ2) is 8.73. The Morgan fingerprint density at radius 2 is 2.27 bits per heavy atom. The molecule has 0 radical (unpaired) electrons. The molecule has 2 rings (SSSR count). The van der Waals surface area contributed by atoms with E-state index in [-0.39, 0.29) is 5.82 Å². The van der Waals surface area contributed by atoms with Crippen LogP contribution in [0.2, 0.25) is 0 Å². The van der Waals surface area contributed by atoms with E-state index in [0.29, 0.717) is 24.4 Å². The first kappa shape index (κ1) is 16.7. The number of nitrogens with zero attached hydrogens (tertiary/aromatic N) is 2. The summed E-state index contributed by atoms with van der Waals surface area (Å²) in [5, 5.41) is 3.30. The van der Waals surface area contributed by atoms with Gasteiger partial charge in [0, 0.05) is 39.2 Å². The quantitative estimate of drug-likeness (QED) is 0.647. The summed E-state index contributed by atoms with van der Waals surface area (Å²) in [6.07, 6.45) is 1.72. The second-order valence-corrected chi connectivity index (χ2v) is 5.69. The molecule has 0 saturated carbocycles. The fraction of sp³-hybridized carbons (Fsp3) is 0.588. The molecule has 0 aromatic heterocycles. The monoisotopic (exact) mass is 307 g/mol. The Kier molecular flexibility index (Phi) is 6.65. The summed E-state index contributed by atoms with van der Waals surface area (Å²) >= 11 is 0. The van der Waals surface area contributed by atoms with E-state index in [0.717, 1.165) is 38.7 Å². The van der Waals surface area contributed by atoms with E-state index in [2.05, 4.69) is 22.1 Å². The predicted octanol–water partition coefficient (Wildman–Crippen LogP) is 2.30. The van der Waals surface area contributed by atoms with Crippen LogP contribution in [-0.2, 0) is 11.2 Å². The third kappa shape index (κ3) is 4.98. The van der Waals surface area contributed by atoms with Gasteiger partial charge in [-0.25, -0.2) is 4.39 Å². The molecule has 4 nitrogen and oxygen atoms in total. The number of nitrogens with one attached hydrogen (secondary N) is 1. The molecule has 22 heavy (non-hydrogen) atoms. The van der Waals surface area contributed by atoms with Crippen LogP contribution in [0.25, 0.3) is 0 Å². The lowest BCUT2D eigenvalue weighted by molar-refractivity contribution is 0.181. The molecule has 1 aliphatic heterocycles. The molecule has 1 unspecified atom stereocenters. The molecule has 0 amide bonds. The Balaban J connectivity index is 1.89. The largest absolute Gasteiger partial charge is 0.381 e. The van der Waals surface area contributed by atoms with Crippen molar-refractivity contribution in [3.63, 3.8) is 0 Å². The van der Waals surface area contributed by atoms with Crippen molar-refractivity contribution in [3.8, 4) is 0 Å². The van der Waals surface area contributed by atoms with Crippen LogP contribution >= 0.6 is 0 Å².